The molecular formula is C27H19N3O3S. The molecule has 1 aliphatic rings. The summed E-state index contributed by atoms with van der Waals surface area (Å²) in [6.07, 6.45) is 1.58. The van der Waals surface area contributed by atoms with E-state index in [1.165, 1.54) is 11.3 Å². The maximum absolute atomic E-state index is 12.8. The molecule has 5 rings (SSSR count). The molecule has 0 spiro atoms. The van der Waals surface area contributed by atoms with Crippen LogP contribution in [0.5, 0.6) is 0 Å². The lowest BCUT2D eigenvalue weighted by molar-refractivity contribution is -0.140. The van der Waals surface area contributed by atoms with E-state index in [0.29, 0.717) is 17.0 Å². The first-order valence-electron chi connectivity index (χ1n) is 10.8. The topological polar surface area (TPSA) is 87.2 Å². The molecule has 0 atom stereocenters. The van der Waals surface area contributed by atoms with E-state index in [1.807, 2.05) is 42.5 Å². The highest BCUT2D eigenvalue weighted by Crippen LogP contribution is 2.35. The second kappa shape index (κ2) is 8.58. The van der Waals surface area contributed by atoms with Gasteiger partial charge in [0, 0.05) is 23.7 Å². The van der Waals surface area contributed by atoms with Crippen LogP contribution in [0, 0.1) is 11.3 Å². The number of amides is 2. The van der Waals surface area contributed by atoms with Crippen molar-refractivity contribution in [2.75, 3.05) is 6.54 Å². The quantitative estimate of drug-likeness (QED) is 0.279. The summed E-state index contributed by atoms with van der Waals surface area (Å²) in [4.78, 5) is 30.8. The summed E-state index contributed by atoms with van der Waals surface area (Å²) in [6, 6.07) is 22.1. The van der Waals surface area contributed by atoms with E-state index in [1.54, 1.807) is 19.9 Å². The average Bonchev–Trinajstić information content (AvgIpc) is 3.42. The van der Waals surface area contributed by atoms with Crippen molar-refractivity contribution >= 4 is 39.6 Å². The van der Waals surface area contributed by atoms with E-state index in [-0.39, 0.29) is 17.7 Å². The zero-order valence-corrected chi connectivity index (χ0v) is 19.3. The standard InChI is InChI=1S/C27H19N3O3S/c1-3-30-26(31)21(16(2)22(15-28)27(30)32)13-20-14-23-24(33-20)29-25(34-23)19-11-9-18(10-12-19)17-7-5-4-6-8-17/h4-14H,3H2,1-2H3/b21-13-. The van der Waals surface area contributed by atoms with Gasteiger partial charge in [-0.25, -0.2) is 4.98 Å². The highest BCUT2D eigenvalue weighted by Gasteiger charge is 2.34. The molecule has 3 heterocycles. The van der Waals surface area contributed by atoms with Gasteiger partial charge in [-0.15, -0.1) is 11.3 Å². The van der Waals surface area contributed by atoms with Crippen LogP contribution in [0.3, 0.4) is 0 Å². The van der Waals surface area contributed by atoms with Crippen LogP contribution in [-0.2, 0) is 9.59 Å². The molecule has 1 aliphatic heterocycles. The van der Waals surface area contributed by atoms with Crippen LogP contribution in [0.4, 0.5) is 0 Å². The Kier molecular flexibility index (Phi) is 5.44. The monoisotopic (exact) mass is 465 g/mol. The third-order valence-electron chi connectivity index (χ3n) is 5.78. The number of hydrogen-bond acceptors (Lipinski definition) is 6. The van der Waals surface area contributed by atoms with Gasteiger partial charge in [-0.1, -0.05) is 54.6 Å². The van der Waals surface area contributed by atoms with Crippen molar-refractivity contribution < 1.29 is 14.0 Å². The first-order valence-corrected chi connectivity index (χ1v) is 11.6. The molecule has 2 aromatic heterocycles. The molecule has 0 aliphatic carbocycles. The maximum atomic E-state index is 12.8. The number of nitrogens with zero attached hydrogens (tertiary/aromatic N) is 3. The third kappa shape index (κ3) is 3.64. The predicted molar refractivity (Wildman–Crippen MR) is 131 cm³/mol. The smallest absolute Gasteiger partial charge is 0.271 e. The first-order chi connectivity index (χ1) is 16.5. The van der Waals surface area contributed by atoms with Crippen molar-refractivity contribution in [3.05, 3.63) is 83.1 Å². The SMILES string of the molecule is CCN1C(=O)C(C#N)=C(C)/C(=C/c2cc3sc(-c4ccc(-c5ccccc5)cc4)nc3o2)C1=O. The summed E-state index contributed by atoms with van der Waals surface area (Å²) < 4.78 is 6.74. The minimum Gasteiger partial charge on any atom is -0.437 e. The van der Waals surface area contributed by atoms with Gasteiger partial charge in [0.1, 0.15) is 22.4 Å². The van der Waals surface area contributed by atoms with Crippen molar-refractivity contribution in [2.45, 2.75) is 13.8 Å². The molecule has 0 saturated carbocycles. The maximum Gasteiger partial charge on any atom is 0.271 e. The lowest BCUT2D eigenvalue weighted by Crippen LogP contribution is -2.42. The van der Waals surface area contributed by atoms with Gasteiger partial charge in [0.2, 0.25) is 5.71 Å². The number of benzene rings is 2. The molecule has 0 bridgehead atoms. The Morgan fingerprint density at radius 3 is 2.35 bits per heavy atom. The molecule has 0 N–H and O–H groups in total. The van der Waals surface area contributed by atoms with E-state index >= 15 is 0 Å². The van der Waals surface area contributed by atoms with Crippen molar-refractivity contribution in [1.29, 1.82) is 5.26 Å². The largest absolute Gasteiger partial charge is 0.437 e. The first kappa shape index (κ1) is 21.6. The third-order valence-corrected chi connectivity index (χ3v) is 6.81. The number of likely N-dealkylation sites (N-methyl/N-ethyl adjacent to an activating group) is 1. The fourth-order valence-corrected chi connectivity index (χ4v) is 4.88. The average molecular weight is 466 g/mol. The molecule has 7 heteroatoms. The van der Waals surface area contributed by atoms with Gasteiger partial charge in [0.05, 0.1) is 4.70 Å². The number of fused-ring (bicyclic) bond motifs is 1. The molecule has 166 valence electrons. The summed E-state index contributed by atoms with van der Waals surface area (Å²) in [5.41, 5.74) is 4.37. The molecule has 34 heavy (non-hydrogen) atoms. The van der Waals surface area contributed by atoms with Gasteiger partial charge in [-0.2, -0.15) is 5.26 Å². The normalized spacial score (nSPS) is 15.4. The Hall–Kier alpha value is -4.28. The zero-order valence-electron chi connectivity index (χ0n) is 18.5. The van der Waals surface area contributed by atoms with E-state index < -0.39 is 11.8 Å². The van der Waals surface area contributed by atoms with Crippen molar-refractivity contribution in [3.63, 3.8) is 0 Å². The summed E-state index contributed by atoms with van der Waals surface area (Å²) in [7, 11) is 0. The molecule has 0 saturated heterocycles. The Balaban J connectivity index is 1.46. The molecule has 2 amide bonds. The summed E-state index contributed by atoms with van der Waals surface area (Å²) in [6.45, 7) is 3.49. The van der Waals surface area contributed by atoms with E-state index in [2.05, 4.69) is 29.2 Å². The number of furan rings is 1. The molecule has 2 aromatic carbocycles. The lowest BCUT2D eigenvalue weighted by atomic mass is 9.95. The van der Waals surface area contributed by atoms with Gasteiger partial charge >= 0.3 is 0 Å². The Bertz CT molecular complexity index is 1500. The van der Waals surface area contributed by atoms with Gasteiger partial charge in [0.15, 0.2) is 0 Å². The summed E-state index contributed by atoms with van der Waals surface area (Å²) >= 11 is 1.50. The Morgan fingerprint density at radius 1 is 1.03 bits per heavy atom. The minimum absolute atomic E-state index is 0.0274. The number of carbonyl (C=O) groups is 2. The Labute approximate surface area is 200 Å². The van der Waals surface area contributed by atoms with E-state index in [0.717, 1.165) is 31.3 Å². The summed E-state index contributed by atoms with van der Waals surface area (Å²) in [5, 5.41) is 10.2. The number of nitriles is 1. The highest BCUT2D eigenvalue weighted by molar-refractivity contribution is 7.21. The fraction of sp³-hybridized carbons (Fsp3) is 0.111. The molecular weight excluding hydrogens is 446 g/mol. The van der Waals surface area contributed by atoms with Crippen molar-refractivity contribution in [1.82, 2.24) is 9.88 Å². The van der Waals surface area contributed by atoms with Crippen molar-refractivity contribution in [2.24, 2.45) is 0 Å². The number of rotatable bonds is 4. The van der Waals surface area contributed by atoms with Gasteiger partial charge in [0.25, 0.3) is 11.8 Å². The van der Waals surface area contributed by atoms with Crippen LogP contribution in [0.25, 0.3) is 38.2 Å². The van der Waals surface area contributed by atoms with Gasteiger partial charge < -0.3 is 4.42 Å². The molecule has 0 fully saturated rings. The minimum atomic E-state index is -0.560. The number of imide groups is 1. The number of aromatic nitrogens is 1. The van der Waals surface area contributed by atoms with Crippen LogP contribution in [0.1, 0.15) is 19.6 Å². The van der Waals surface area contributed by atoms with E-state index in [9.17, 15) is 14.9 Å². The van der Waals surface area contributed by atoms with Gasteiger partial charge in [-0.3, -0.25) is 14.5 Å². The molecule has 0 unspecified atom stereocenters. The van der Waals surface area contributed by atoms with Crippen LogP contribution < -0.4 is 0 Å². The fourth-order valence-electron chi connectivity index (χ4n) is 3.94. The zero-order chi connectivity index (χ0) is 23.8. The second-order valence-corrected chi connectivity index (χ2v) is 8.84. The Morgan fingerprint density at radius 2 is 1.71 bits per heavy atom. The van der Waals surface area contributed by atoms with Gasteiger partial charge in [-0.05, 0) is 36.6 Å². The second-order valence-electron chi connectivity index (χ2n) is 7.80. The van der Waals surface area contributed by atoms with Crippen molar-refractivity contribution in [3.8, 4) is 27.8 Å². The van der Waals surface area contributed by atoms with Crippen LogP contribution in [0.2, 0.25) is 0 Å². The van der Waals surface area contributed by atoms with Crippen LogP contribution >= 0.6 is 11.3 Å². The molecule has 4 aromatic rings. The van der Waals surface area contributed by atoms with Crippen LogP contribution in [0.15, 0.2) is 81.8 Å². The number of hydrogen-bond donors (Lipinski definition) is 0. The number of thiazole rings is 1. The highest BCUT2D eigenvalue weighted by atomic mass is 32.1. The summed E-state index contributed by atoms with van der Waals surface area (Å²) in [5.74, 6) is -0.546. The molecule has 0 radical (unpaired) electrons. The molecule has 6 nitrogen and oxygen atoms in total. The lowest BCUT2D eigenvalue weighted by Gasteiger charge is -2.25. The van der Waals surface area contributed by atoms with E-state index in [4.69, 9.17) is 4.42 Å². The number of carbonyl (C=O) groups excluding carboxylic acids is 2. The van der Waals surface area contributed by atoms with Crippen LogP contribution in [-0.4, -0.2) is 28.2 Å². The predicted octanol–water partition coefficient (Wildman–Crippen LogP) is 5.84.